The molecule has 2 aliphatic rings. The van der Waals surface area contributed by atoms with Gasteiger partial charge in [-0.3, -0.25) is 14.5 Å². The van der Waals surface area contributed by atoms with Crippen LogP contribution >= 0.6 is 0 Å². The molecular weight excluding hydrogens is 558 g/mol. The largest absolute Gasteiger partial charge is 0.497 e. The minimum absolute atomic E-state index is 0.0395. The van der Waals surface area contributed by atoms with Gasteiger partial charge in [0.2, 0.25) is 11.8 Å². The van der Waals surface area contributed by atoms with Gasteiger partial charge < -0.3 is 24.2 Å². The minimum Gasteiger partial charge on any atom is -0.497 e. The Labute approximate surface area is 259 Å². The van der Waals surface area contributed by atoms with E-state index in [1.54, 1.807) is 39.5 Å². The van der Waals surface area contributed by atoms with Crippen molar-refractivity contribution in [3.63, 3.8) is 0 Å². The number of benzene rings is 2. The summed E-state index contributed by atoms with van der Waals surface area (Å²) in [5.74, 6) is 1.91. The van der Waals surface area contributed by atoms with Gasteiger partial charge in [0.15, 0.2) is 5.78 Å². The van der Waals surface area contributed by atoms with Crippen molar-refractivity contribution >= 4 is 11.7 Å². The van der Waals surface area contributed by atoms with Crippen LogP contribution in [0.5, 0.6) is 17.4 Å². The monoisotopic (exact) mass is 601 g/mol. The first-order chi connectivity index (χ1) is 21.3. The molecule has 0 bridgehead atoms. The number of likely N-dealkylation sites (tertiary alicyclic amines) is 1. The number of amides is 1. The lowest BCUT2D eigenvalue weighted by molar-refractivity contribution is -0.130. The molecule has 3 aromatic rings. The fraction of sp³-hybridized carbons (Fsp3) is 0.457. The number of piperidine rings is 1. The summed E-state index contributed by atoms with van der Waals surface area (Å²) in [6.07, 6.45) is 4.71. The molecule has 1 aromatic heterocycles. The smallest absolute Gasteiger partial charge is 0.219 e. The maximum Gasteiger partial charge on any atom is 0.219 e. The molecule has 234 valence electrons. The molecule has 44 heavy (non-hydrogen) atoms. The number of aliphatic hydroxyl groups is 1. The van der Waals surface area contributed by atoms with Gasteiger partial charge in [-0.05, 0) is 42.5 Å². The van der Waals surface area contributed by atoms with Crippen LogP contribution in [0.25, 0.3) is 0 Å². The summed E-state index contributed by atoms with van der Waals surface area (Å²) in [5, 5.41) is 11.2. The van der Waals surface area contributed by atoms with E-state index >= 15 is 0 Å². The fourth-order valence-corrected chi connectivity index (χ4v) is 6.25. The van der Waals surface area contributed by atoms with E-state index in [1.807, 2.05) is 23.1 Å². The molecular formula is C35H43N3O6. The molecule has 1 unspecified atom stereocenters. The van der Waals surface area contributed by atoms with Crippen LogP contribution in [0.1, 0.15) is 59.7 Å². The molecule has 2 heterocycles. The number of ether oxygens (including phenoxy) is 3. The number of nitrogens with zero attached hydrogens (tertiary/aromatic N) is 3. The number of ketones is 1. The van der Waals surface area contributed by atoms with Crippen molar-refractivity contribution in [3.05, 3.63) is 83.0 Å². The molecule has 1 saturated heterocycles. The highest BCUT2D eigenvalue weighted by Crippen LogP contribution is 2.31. The highest BCUT2D eigenvalue weighted by molar-refractivity contribution is 5.96. The third-order valence-corrected chi connectivity index (χ3v) is 8.79. The Hall–Kier alpha value is -3.95. The summed E-state index contributed by atoms with van der Waals surface area (Å²) >= 11 is 0. The minimum atomic E-state index is -0.684. The number of fused-ring (bicyclic) bond motifs is 1. The number of hydrogen-bond donors (Lipinski definition) is 1. The normalized spacial score (nSPS) is 16.1. The van der Waals surface area contributed by atoms with Gasteiger partial charge in [-0.15, -0.1) is 0 Å². The Morgan fingerprint density at radius 2 is 1.75 bits per heavy atom. The number of methoxy groups -OCH3 is 2. The number of hydrogen-bond acceptors (Lipinski definition) is 8. The molecule has 1 fully saturated rings. The van der Waals surface area contributed by atoms with Crippen LogP contribution in [0.3, 0.4) is 0 Å². The quantitative estimate of drug-likeness (QED) is 0.286. The van der Waals surface area contributed by atoms with Gasteiger partial charge in [0, 0.05) is 87.9 Å². The van der Waals surface area contributed by atoms with E-state index in [9.17, 15) is 14.7 Å². The van der Waals surface area contributed by atoms with Crippen molar-refractivity contribution in [2.75, 3.05) is 33.9 Å². The van der Waals surface area contributed by atoms with Crippen molar-refractivity contribution in [1.82, 2.24) is 14.8 Å². The first kappa shape index (κ1) is 31.5. The number of Topliss-reactive ketones (excluding diaryl/α,β-unsaturated/α-hetero) is 1. The molecule has 2 aromatic carbocycles. The third-order valence-electron chi connectivity index (χ3n) is 8.79. The summed E-state index contributed by atoms with van der Waals surface area (Å²) < 4.78 is 17.1. The number of carbonyl (C=O) groups excluding carboxylic acids is 2. The summed E-state index contributed by atoms with van der Waals surface area (Å²) in [6.45, 7) is 3.94. The Kier molecular flexibility index (Phi) is 10.5. The molecule has 0 spiro atoms. The van der Waals surface area contributed by atoms with Gasteiger partial charge >= 0.3 is 0 Å². The Bertz CT molecular complexity index is 1410. The van der Waals surface area contributed by atoms with Gasteiger partial charge in [-0.2, -0.15) is 0 Å². The average molecular weight is 602 g/mol. The molecule has 1 atom stereocenters. The molecule has 1 N–H and O–H groups in total. The van der Waals surface area contributed by atoms with Gasteiger partial charge in [0.05, 0.1) is 20.3 Å². The molecule has 1 amide bonds. The van der Waals surface area contributed by atoms with Crippen molar-refractivity contribution < 1.29 is 28.9 Å². The summed E-state index contributed by atoms with van der Waals surface area (Å²) in [5.41, 5.74) is 4.22. The lowest BCUT2D eigenvalue weighted by atomic mass is 10.0. The number of rotatable bonds is 13. The SMILES string of the molecule is COc1ccc(CN(CC(O)CCC(=O)c2ccnc(OC3CCN(C(C)=O)CC3)c2)C2Cc3ccccc3C2)c(OC)c1. The van der Waals surface area contributed by atoms with Crippen LogP contribution in [0.2, 0.25) is 0 Å². The van der Waals surface area contributed by atoms with Gasteiger partial charge in [0.1, 0.15) is 17.6 Å². The average Bonchev–Trinajstić information content (AvgIpc) is 3.48. The van der Waals surface area contributed by atoms with Crippen LogP contribution in [0.4, 0.5) is 0 Å². The topological polar surface area (TPSA) is 101 Å². The Morgan fingerprint density at radius 1 is 1.02 bits per heavy atom. The number of aliphatic hydroxyl groups excluding tert-OH is 1. The standard InChI is InChI=1S/C35H43N3O6/c1-24(39)37-16-13-31(14-17-37)44-35-20-27(12-15-36-35)33(41)11-9-30(40)23-38(29-18-25-6-4-5-7-26(25)19-29)22-28-8-10-32(42-2)21-34(28)43-3/h4-8,10,12,15,20-21,29-31,40H,9,11,13-14,16-19,22-23H2,1-3H3. The van der Waals surface area contributed by atoms with E-state index in [1.165, 1.54) is 11.1 Å². The molecule has 1 aliphatic heterocycles. The zero-order chi connectivity index (χ0) is 31.1. The van der Waals surface area contributed by atoms with E-state index < -0.39 is 6.10 Å². The van der Waals surface area contributed by atoms with Gasteiger partial charge in [-0.1, -0.05) is 30.3 Å². The molecule has 5 rings (SSSR count). The van der Waals surface area contributed by atoms with E-state index in [0.29, 0.717) is 44.0 Å². The maximum atomic E-state index is 13.2. The number of carbonyl (C=O) groups is 2. The lowest BCUT2D eigenvalue weighted by Crippen LogP contribution is -2.41. The summed E-state index contributed by atoms with van der Waals surface area (Å²) in [7, 11) is 3.29. The molecule has 9 heteroatoms. The fourth-order valence-electron chi connectivity index (χ4n) is 6.25. The summed E-state index contributed by atoms with van der Waals surface area (Å²) in [4.78, 5) is 33.2. The lowest BCUT2D eigenvalue weighted by Gasteiger charge is -2.31. The van der Waals surface area contributed by atoms with E-state index in [-0.39, 0.29) is 30.3 Å². The van der Waals surface area contributed by atoms with E-state index in [4.69, 9.17) is 14.2 Å². The predicted molar refractivity (Wildman–Crippen MR) is 167 cm³/mol. The van der Waals surface area contributed by atoms with Crippen molar-refractivity contribution in [2.24, 2.45) is 0 Å². The second kappa shape index (κ2) is 14.7. The summed E-state index contributed by atoms with van der Waals surface area (Å²) in [6, 6.07) is 17.9. The maximum absolute atomic E-state index is 13.2. The molecule has 9 nitrogen and oxygen atoms in total. The van der Waals surface area contributed by atoms with Crippen LogP contribution in [-0.2, 0) is 24.2 Å². The predicted octanol–water partition coefficient (Wildman–Crippen LogP) is 4.48. The zero-order valence-electron chi connectivity index (χ0n) is 25.9. The van der Waals surface area contributed by atoms with Crippen LogP contribution in [0, 0.1) is 0 Å². The number of aromatic nitrogens is 1. The van der Waals surface area contributed by atoms with Crippen molar-refractivity contribution in [3.8, 4) is 17.4 Å². The first-order valence-electron chi connectivity index (χ1n) is 15.4. The molecule has 1 aliphatic carbocycles. The third kappa shape index (κ3) is 7.95. The number of pyridine rings is 1. The Morgan fingerprint density at radius 3 is 2.41 bits per heavy atom. The van der Waals surface area contributed by atoms with Crippen LogP contribution in [-0.4, -0.2) is 83.7 Å². The van der Waals surface area contributed by atoms with E-state index in [0.717, 1.165) is 42.7 Å². The first-order valence-corrected chi connectivity index (χ1v) is 15.4. The van der Waals surface area contributed by atoms with E-state index in [2.05, 4.69) is 34.1 Å². The van der Waals surface area contributed by atoms with Crippen molar-refractivity contribution in [2.45, 2.75) is 70.2 Å². The molecule has 0 radical (unpaired) electrons. The van der Waals surface area contributed by atoms with Gasteiger partial charge in [-0.25, -0.2) is 4.98 Å². The van der Waals surface area contributed by atoms with Crippen LogP contribution < -0.4 is 14.2 Å². The van der Waals surface area contributed by atoms with Gasteiger partial charge in [0.25, 0.3) is 0 Å². The Balaban J connectivity index is 1.20. The molecule has 0 saturated carbocycles. The van der Waals surface area contributed by atoms with Crippen molar-refractivity contribution in [1.29, 1.82) is 0 Å². The second-order valence-corrected chi connectivity index (χ2v) is 11.8. The zero-order valence-corrected chi connectivity index (χ0v) is 25.9. The highest BCUT2D eigenvalue weighted by atomic mass is 16.5. The second-order valence-electron chi connectivity index (χ2n) is 11.8. The highest BCUT2D eigenvalue weighted by Gasteiger charge is 2.29. The van der Waals surface area contributed by atoms with Crippen LogP contribution in [0.15, 0.2) is 60.8 Å².